The quantitative estimate of drug-likeness (QED) is 0.506. The van der Waals surface area contributed by atoms with E-state index >= 15 is 0 Å². The maximum absolute atomic E-state index is 11.9. The Morgan fingerprint density at radius 3 is 2.16 bits per heavy atom. The molecule has 4 nitrogen and oxygen atoms in total. The predicted molar refractivity (Wildman–Crippen MR) is 74.3 cm³/mol. The summed E-state index contributed by atoms with van der Waals surface area (Å²) in [5.74, 6) is -0.103. The van der Waals surface area contributed by atoms with Gasteiger partial charge in [0.05, 0.1) is 12.0 Å². The molecule has 0 heterocycles. The van der Waals surface area contributed by atoms with Gasteiger partial charge in [-0.1, -0.05) is 30.3 Å². The van der Waals surface area contributed by atoms with Gasteiger partial charge in [0.25, 0.3) is 0 Å². The summed E-state index contributed by atoms with van der Waals surface area (Å²) in [5, 5.41) is 2.79. The van der Waals surface area contributed by atoms with Crippen molar-refractivity contribution < 1.29 is 14.6 Å². The molecule has 0 aliphatic heterocycles. The zero-order chi connectivity index (χ0) is 14.5. The molecule has 1 N–H and O–H groups in total. The highest BCUT2D eigenvalue weighted by molar-refractivity contribution is 5.79. The summed E-state index contributed by atoms with van der Waals surface area (Å²) in [5.41, 5.74) is -0.312. The standard InChI is InChI=1S/C15H23NO3/c1-14(2,3)18-19-15(4,5)16-13(17)11-12-9-7-6-8-10-12/h6-10H,11H2,1-5H3,(H,16,17). The van der Waals surface area contributed by atoms with Crippen LogP contribution in [0.3, 0.4) is 0 Å². The molecule has 4 heteroatoms. The SMILES string of the molecule is CC(C)(C)OOC(C)(C)NC(=O)Cc1ccccc1. The highest BCUT2D eigenvalue weighted by Crippen LogP contribution is 2.14. The van der Waals surface area contributed by atoms with Gasteiger partial charge in [-0.3, -0.25) is 4.79 Å². The third kappa shape index (κ3) is 6.94. The van der Waals surface area contributed by atoms with Crippen LogP contribution in [0.4, 0.5) is 0 Å². The summed E-state index contributed by atoms with van der Waals surface area (Å²) >= 11 is 0. The van der Waals surface area contributed by atoms with Crippen molar-refractivity contribution in [3.8, 4) is 0 Å². The Balaban J connectivity index is 2.46. The third-order valence-electron chi connectivity index (χ3n) is 2.15. The first kappa shape index (κ1) is 15.7. The van der Waals surface area contributed by atoms with E-state index in [-0.39, 0.29) is 5.91 Å². The molecule has 0 aliphatic carbocycles. The van der Waals surface area contributed by atoms with Crippen molar-refractivity contribution >= 4 is 5.91 Å². The summed E-state index contributed by atoms with van der Waals surface area (Å²) in [6, 6.07) is 9.57. The van der Waals surface area contributed by atoms with E-state index < -0.39 is 11.3 Å². The fourth-order valence-corrected chi connectivity index (χ4v) is 1.41. The van der Waals surface area contributed by atoms with Gasteiger partial charge < -0.3 is 5.32 Å². The number of carbonyl (C=O) groups excluding carboxylic acids is 1. The molecule has 106 valence electrons. The molecule has 0 fully saturated rings. The van der Waals surface area contributed by atoms with Crippen LogP contribution in [0.5, 0.6) is 0 Å². The molecular weight excluding hydrogens is 242 g/mol. The molecule has 1 aromatic rings. The van der Waals surface area contributed by atoms with E-state index in [1.165, 1.54) is 0 Å². The van der Waals surface area contributed by atoms with Gasteiger partial charge >= 0.3 is 0 Å². The van der Waals surface area contributed by atoms with E-state index in [9.17, 15) is 4.79 Å². The van der Waals surface area contributed by atoms with Crippen molar-refractivity contribution in [3.63, 3.8) is 0 Å². The van der Waals surface area contributed by atoms with Gasteiger partial charge in [-0.2, -0.15) is 0 Å². The van der Waals surface area contributed by atoms with Crippen molar-refractivity contribution in [2.45, 2.75) is 52.4 Å². The lowest BCUT2D eigenvalue weighted by atomic mass is 10.1. The first-order valence-electron chi connectivity index (χ1n) is 6.40. The molecular formula is C15H23NO3. The lowest BCUT2D eigenvalue weighted by molar-refractivity contribution is -0.401. The predicted octanol–water partition coefficient (Wildman–Crippen LogP) is 2.83. The summed E-state index contributed by atoms with van der Waals surface area (Å²) in [6.07, 6.45) is 0.323. The lowest BCUT2D eigenvalue weighted by Crippen LogP contribution is -2.47. The molecule has 1 rings (SSSR count). The summed E-state index contributed by atoms with van der Waals surface area (Å²) in [4.78, 5) is 22.4. The van der Waals surface area contributed by atoms with Crippen LogP contribution in [0.25, 0.3) is 0 Å². The van der Waals surface area contributed by atoms with E-state index in [4.69, 9.17) is 9.78 Å². The largest absolute Gasteiger partial charge is 0.326 e. The molecule has 1 amide bonds. The van der Waals surface area contributed by atoms with Crippen LogP contribution in [0.15, 0.2) is 30.3 Å². The lowest BCUT2D eigenvalue weighted by Gasteiger charge is -2.29. The fraction of sp³-hybridized carbons (Fsp3) is 0.533. The first-order chi connectivity index (χ1) is 8.68. The number of hydrogen-bond donors (Lipinski definition) is 1. The van der Waals surface area contributed by atoms with Gasteiger partial charge in [0.2, 0.25) is 5.91 Å². The van der Waals surface area contributed by atoms with Gasteiger partial charge in [0, 0.05) is 0 Å². The Kier molecular flexibility index (Phi) is 5.09. The topological polar surface area (TPSA) is 47.6 Å². The first-order valence-corrected chi connectivity index (χ1v) is 6.40. The number of hydrogen-bond acceptors (Lipinski definition) is 3. The second-order valence-electron chi connectivity index (χ2n) is 6.00. The van der Waals surface area contributed by atoms with E-state index in [1.54, 1.807) is 13.8 Å². The van der Waals surface area contributed by atoms with Crippen molar-refractivity contribution in [2.24, 2.45) is 0 Å². The summed E-state index contributed by atoms with van der Waals surface area (Å²) in [6.45, 7) is 9.15. The second kappa shape index (κ2) is 6.17. The zero-order valence-electron chi connectivity index (χ0n) is 12.3. The van der Waals surface area contributed by atoms with Crippen molar-refractivity contribution in [3.05, 3.63) is 35.9 Å². The minimum Gasteiger partial charge on any atom is -0.326 e. The maximum Gasteiger partial charge on any atom is 0.226 e. The van der Waals surface area contributed by atoms with Crippen molar-refractivity contribution in [1.29, 1.82) is 0 Å². The van der Waals surface area contributed by atoms with Crippen LogP contribution >= 0.6 is 0 Å². The van der Waals surface area contributed by atoms with E-state index in [1.807, 2.05) is 51.1 Å². The third-order valence-corrected chi connectivity index (χ3v) is 2.15. The summed E-state index contributed by atoms with van der Waals surface area (Å²) in [7, 11) is 0. The van der Waals surface area contributed by atoms with E-state index in [0.29, 0.717) is 6.42 Å². The van der Waals surface area contributed by atoms with Crippen LogP contribution in [-0.2, 0) is 21.0 Å². The average molecular weight is 265 g/mol. The van der Waals surface area contributed by atoms with E-state index in [0.717, 1.165) is 5.56 Å². The normalized spacial score (nSPS) is 12.3. The van der Waals surface area contributed by atoms with Crippen molar-refractivity contribution in [2.75, 3.05) is 0 Å². The maximum atomic E-state index is 11.9. The van der Waals surface area contributed by atoms with Crippen molar-refractivity contribution in [1.82, 2.24) is 5.32 Å². The Labute approximate surface area is 115 Å². The smallest absolute Gasteiger partial charge is 0.226 e. The van der Waals surface area contributed by atoms with Gasteiger partial charge in [0.1, 0.15) is 0 Å². The molecule has 19 heavy (non-hydrogen) atoms. The highest BCUT2D eigenvalue weighted by Gasteiger charge is 2.25. The van der Waals surface area contributed by atoms with Gasteiger partial charge in [0.15, 0.2) is 5.72 Å². The Morgan fingerprint density at radius 2 is 1.63 bits per heavy atom. The molecule has 0 aliphatic rings. The molecule has 0 aromatic heterocycles. The number of rotatable bonds is 5. The van der Waals surface area contributed by atoms with Crippen LogP contribution < -0.4 is 5.32 Å². The molecule has 0 saturated heterocycles. The van der Waals surface area contributed by atoms with Crippen LogP contribution in [0, 0.1) is 0 Å². The number of amides is 1. The Bertz CT molecular complexity index is 407. The average Bonchev–Trinajstić information content (AvgIpc) is 2.26. The Morgan fingerprint density at radius 1 is 1.05 bits per heavy atom. The molecule has 1 aromatic carbocycles. The van der Waals surface area contributed by atoms with Crippen LogP contribution in [0.2, 0.25) is 0 Å². The Hall–Kier alpha value is -1.39. The molecule has 0 saturated carbocycles. The number of benzene rings is 1. The van der Waals surface area contributed by atoms with Crippen LogP contribution in [-0.4, -0.2) is 17.2 Å². The zero-order valence-corrected chi connectivity index (χ0v) is 12.3. The fourth-order valence-electron chi connectivity index (χ4n) is 1.41. The summed E-state index contributed by atoms with van der Waals surface area (Å²) < 4.78 is 0. The van der Waals surface area contributed by atoms with Crippen LogP contribution in [0.1, 0.15) is 40.2 Å². The molecule has 0 radical (unpaired) electrons. The van der Waals surface area contributed by atoms with E-state index in [2.05, 4.69) is 5.32 Å². The second-order valence-corrected chi connectivity index (χ2v) is 6.00. The molecule has 0 spiro atoms. The monoisotopic (exact) mass is 265 g/mol. The van der Waals surface area contributed by atoms with Gasteiger partial charge in [-0.25, -0.2) is 9.78 Å². The number of nitrogens with one attached hydrogen (secondary N) is 1. The molecule has 0 bridgehead atoms. The van der Waals surface area contributed by atoms with Gasteiger partial charge in [-0.05, 0) is 40.2 Å². The number of carbonyl (C=O) groups is 1. The minimum absolute atomic E-state index is 0.103. The van der Waals surface area contributed by atoms with Gasteiger partial charge in [-0.15, -0.1) is 0 Å². The highest BCUT2D eigenvalue weighted by atomic mass is 17.2. The molecule has 0 atom stereocenters. The molecule has 0 unspecified atom stereocenters. The minimum atomic E-state index is -0.862.